The van der Waals surface area contributed by atoms with Crippen LogP contribution >= 0.6 is 24.2 Å². The quantitative estimate of drug-likeness (QED) is 0.660. The first kappa shape index (κ1) is 11.1. The summed E-state index contributed by atoms with van der Waals surface area (Å²) in [5.74, 6) is 1.59. The molecule has 0 amide bonds. The van der Waals surface area contributed by atoms with E-state index >= 15 is 0 Å². The maximum atomic E-state index is 10.9. The van der Waals surface area contributed by atoms with E-state index in [4.69, 9.17) is 4.74 Å². The molecule has 0 aromatic heterocycles. The van der Waals surface area contributed by atoms with E-state index in [9.17, 15) is 4.79 Å². The van der Waals surface area contributed by atoms with Crippen molar-refractivity contribution in [2.45, 2.75) is 13.0 Å². The van der Waals surface area contributed by atoms with E-state index in [1.165, 1.54) is 0 Å². The Kier molecular flexibility index (Phi) is 5.72. The number of carbonyl (C=O) groups is 1. The van der Waals surface area contributed by atoms with Crippen LogP contribution in [0.3, 0.4) is 0 Å². The number of ether oxygens (including phenoxy) is 1. The molecule has 1 atom stereocenters. The summed E-state index contributed by atoms with van der Waals surface area (Å²) in [6.45, 7) is 2.29. The van der Waals surface area contributed by atoms with Crippen molar-refractivity contribution in [3.63, 3.8) is 0 Å². The molecule has 11 heavy (non-hydrogen) atoms. The fourth-order valence-corrected chi connectivity index (χ4v) is 1.72. The molecule has 66 valence electrons. The van der Waals surface area contributed by atoms with Crippen molar-refractivity contribution < 1.29 is 9.53 Å². The topological polar surface area (TPSA) is 38.3 Å². The van der Waals surface area contributed by atoms with E-state index in [1.54, 1.807) is 11.8 Å². The molecule has 0 saturated carbocycles. The fourth-order valence-electron chi connectivity index (χ4n) is 0.789. The summed E-state index contributed by atoms with van der Waals surface area (Å²) in [6, 6.07) is -0.0649. The molecule has 1 heterocycles. The van der Waals surface area contributed by atoms with Gasteiger partial charge in [0.2, 0.25) is 0 Å². The Balaban J connectivity index is 0.000001000. The summed E-state index contributed by atoms with van der Waals surface area (Å²) in [7, 11) is 0. The summed E-state index contributed by atoms with van der Waals surface area (Å²) in [5.41, 5.74) is 0. The van der Waals surface area contributed by atoms with Crippen LogP contribution < -0.4 is 5.32 Å². The van der Waals surface area contributed by atoms with Gasteiger partial charge in [-0.2, -0.15) is 0 Å². The number of halogens is 1. The van der Waals surface area contributed by atoms with Gasteiger partial charge < -0.3 is 4.74 Å². The largest absolute Gasteiger partial charge is 0.465 e. The standard InChI is InChI=1S/C6H11NO2S.ClH/c1-2-9-6(8)5-3-10-4-7-5;/h5,7H,2-4H2,1H3;1H. The highest BCUT2D eigenvalue weighted by Crippen LogP contribution is 2.10. The SMILES string of the molecule is CCOC(=O)C1CSCN1.Cl. The number of rotatable bonds is 2. The van der Waals surface area contributed by atoms with Crippen molar-refractivity contribution in [3.8, 4) is 0 Å². The fraction of sp³-hybridized carbons (Fsp3) is 0.833. The van der Waals surface area contributed by atoms with Crippen LogP contribution in [0.1, 0.15) is 6.92 Å². The monoisotopic (exact) mass is 197 g/mol. The van der Waals surface area contributed by atoms with Crippen LogP contribution in [0.25, 0.3) is 0 Å². The predicted molar refractivity (Wildman–Crippen MR) is 48.1 cm³/mol. The van der Waals surface area contributed by atoms with Crippen molar-refractivity contribution in [1.82, 2.24) is 5.32 Å². The van der Waals surface area contributed by atoms with E-state index in [0.717, 1.165) is 11.6 Å². The summed E-state index contributed by atoms with van der Waals surface area (Å²) in [6.07, 6.45) is 0. The zero-order valence-electron chi connectivity index (χ0n) is 6.33. The lowest BCUT2D eigenvalue weighted by molar-refractivity contribution is -0.144. The van der Waals surface area contributed by atoms with E-state index in [1.807, 2.05) is 6.92 Å². The van der Waals surface area contributed by atoms with Gasteiger partial charge in [0.1, 0.15) is 6.04 Å². The third-order valence-corrected chi connectivity index (χ3v) is 2.23. The first-order valence-corrected chi connectivity index (χ1v) is 4.48. The second-order valence-electron chi connectivity index (χ2n) is 2.02. The normalized spacial score (nSPS) is 22.5. The molecule has 0 radical (unpaired) electrons. The smallest absolute Gasteiger partial charge is 0.324 e. The molecule has 1 unspecified atom stereocenters. The van der Waals surface area contributed by atoms with Gasteiger partial charge >= 0.3 is 5.97 Å². The number of carbonyl (C=O) groups excluding carboxylic acids is 1. The molecule has 1 aliphatic heterocycles. The molecule has 0 spiro atoms. The van der Waals surface area contributed by atoms with Crippen LogP contribution in [0.2, 0.25) is 0 Å². The average molecular weight is 198 g/mol. The predicted octanol–water partition coefficient (Wildman–Crippen LogP) is 0.634. The molecule has 3 nitrogen and oxygen atoms in total. The van der Waals surface area contributed by atoms with E-state index < -0.39 is 0 Å². The third-order valence-electron chi connectivity index (χ3n) is 1.29. The first-order valence-electron chi connectivity index (χ1n) is 3.32. The highest BCUT2D eigenvalue weighted by molar-refractivity contribution is 7.99. The Morgan fingerprint density at radius 3 is 3.00 bits per heavy atom. The van der Waals surface area contributed by atoms with Gasteiger partial charge in [0.15, 0.2) is 0 Å². The lowest BCUT2D eigenvalue weighted by atomic mass is 10.3. The molecule has 1 fully saturated rings. The number of thioether (sulfide) groups is 1. The number of nitrogens with one attached hydrogen (secondary N) is 1. The Bertz CT molecular complexity index is 128. The summed E-state index contributed by atoms with van der Waals surface area (Å²) in [5, 5.41) is 3.03. The maximum absolute atomic E-state index is 10.9. The van der Waals surface area contributed by atoms with Gasteiger partial charge in [-0.3, -0.25) is 10.1 Å². The molecule has 0 aromatic carbocycles. The van der Waals surface area contributed by atoms with Gasteiger partial charge in [0.25, 0.3) is 0 Å². The molecule has 1 saturated heterocycles. The molecule has 1 aliphatic rings. The van der Waals surface area contributed by atoms with Crippen LogP contribution in [0.5, 0.6) is 0 Å². The van der Waals surface area contributed by atoms with Crippen LogP contribution in [-0.4, -0.2) is 30.2 Å². The van der Waals surface area contributed by atoms with Crippen LogP contribution in [0.15, 0.2) is 0 Å². The molecular formula is C6H12ClNO2S. The minimum Gasteiger partial charge on any atom is -0.465 e. The zero-order valence-corrected chi connectivity index (χ0v) is 7.96. The van der Waals surface area contributed by atoms with Gasteiger partial charge in [-0.05, 0) is 6.92 Å². The Hall–Kier alpha value is 0.0700. The molecule has 0 aliphatic carbocycles. The highest BCUT2D eigenvalue weighted by atomic mass is 35.5. The average Bonchev–Trinajstić information content (AvgIpc) is 2.38. The number of hydrogen-bond acceptors (Lipinski definition) is 4. The second kappa shape index (κ2) is 5.69. The third kappa shape index (κ3) is 3.31. The summed E-state index contributed by atoms with van der Waals surface area (Å²) in [4.78, 5) is 10.9. The molecule has 0 bridgehead atoms. The van der Waals surface area contributed by atoms with E-state index in [-0.39, 0.29) is 24.4 Å². The summed E-state index contributed by atoms with van der Waals surface area (Å²) >= 11 is 1.72. The molecule has 5 heteroatoms. The minimum absolute atomic E-state index is 0. The maximum Gasteiger partial charge on any atom is 0.324 e. The van der Waals surface area contributed by atoms with Gasteiger partial charge in [-0.15, -0.1) is 24.2 Å². The van der Waals surface area contributed by atoms with Crippen molar-refractivity contribution >= 4 is 30.1 Å². The van der Waals surface area contributed by atoms with Crippen molar-refractivity contribution in [2.24, 2.45) is 0 Å². The van der Waals surface area contributed by atoms with Crippen molar-refractivity contribution in [2.75, 3.05) is 18.2 Å². The van der Waals surface area contributed by atoms with Crippen molar-refractivity contribution in [1.29, 1.82) is 0 Å². The highest BCUT2D eigenvalue weighted by Gasteiger charge is 2.22. The zero-order chi connectivity index (χ0) is 7.40. The minimum atomic E-state index is -0.118. The molecule has 1 N–H and O–H groups in total. The Morgan fingerprint density at radius 1 is 1.82 bits per heavy atom. The van der Waals surface area contributed by atoms with E-state index in [2.05, 4.69) is 5.32 Å². The second-order valence-corrected chi connectivity index (χ2v) is 3.05. The first-order chi connectivity index (χ1) is 4.84. The van der Waals surface area contributed by atoms with Crippen LogP contribution in [0.4, 0.5) is 0 Å². The Labute approximate surface area is 76.7 Å². The lowest BCUT2D eigenvalue weighted by Crippen LogP contribution is -2.34. The van der Waals surface area contributed by atoms with Crippen LogP contribution in [0, 0.1) is 0 Å². The van der Waals surface area contributed by atoms with Gasteiger partial charge in [0, 0.05) is 11.6 Å². The van der Waals surface area contributed by atoms with Crippen LogP contribution in [-0.2, 0) is 9.53 Å². The summed E-state index contributed by atoms with van der Waals surface area (Å²) < 4.78 is 4.81. The molecule has 1 rings (SSSR count). The number of esters is 1. The number of hydrogen-bond donors (Lipinski definition) is 1. The van der Waals surface area contributed by atoms with Gasteiger partial charge in [-0.25, -0.2) is 0 Å². The molecular weight excluding hydrogens is 186 g/mol. The van der Waals surface area contributed by atoms with Gasteiger partial charge in [-0.1, -0.05) is 0 Å². The molecule has 0 aromatic rings. The van der Waals surface area contributed by atoms with E-state index in [0.29, 0.717) is 6.61 Å². The van der Waals surface area contributed by atoms with Crippen molar-refractivity contribution in [3.05, 3.63) is 0 Å². The Morgan fingerprint density at radius 2 is 2.55 bits per heavy atom. The lowest BCUT2D eigenvalue weighted by Gasteiger charge is -2.06. The van der Waals surface area contributed by atoms with Gasteiger partial charge in [0.05, 0.1) is 6.61 Å².